The summed E-state index contributed by atoms with van der Waals surface area (Å²) >= 11 is 0. The fourth-order valence-electron chi connectivity index (χ4n) is 4.31. The van der Waals surface area contributed by atoms with Crippen molar-refractivity contribution in [1.29, 1.82) is 0 Å². The average molecular weight is 478 g/mol. The maximum atomic E-state index is 13.7. The molecule has 0 unspecified atom stereocenters. The third-order valence-corrected chi connectivity index (χ3v) is 6.10. The highest BCUT2D eigenvalue weighted by atomic mass is 19.4. The second-order valence-electron chi connectivity index (χ2n) is 8.28. The van der Waals surface area contributed by atoms with E-state index in [4.69, 9.17) is 4.74 Å². The van der Waals surface area contributed by atoms with Crippen LogP contribution in [0.15, 0.2) is 36.4 Å². The molecule has 1 amide bonds. The van der Waals surface area contributed by atoms with Crippen LogP contribution in [0.3, 0.4) is 0 Å². The Kier molecular flexibility index (Phi) is 6.92. The van der Waals surface area contributed by atoms with Crippen molar-refractivity contribution in [2.24, 2.45) is 0 Å². The minimum Gasteiger partial charge on any atom is -0.378 e. The number of hydrogen-bond acceptors (Lipinski definition) is 6. The lowest BCUT2D eigenvalue weighted by Gasteiger charge is -2.29. The van der Waals surface area contributed by atoms with Gasteiger partial charge in [0.05, 0.1) is 23.7 Å². The second-order valence-corrected chi connectivity index (χ2v) is 8.28. The van der Waals surface area contributed by atoms with Crippen LogP contribution in [0.2, 0.25) is 0 Å². The number of nitrogens with one attached hydrogen (secondary N) is 1. The van der Waals surface area contributed by atoms with E-state index in [2.05, 4.69) is 5.32 Å². The summed E-state index contributed by atoms with van der Waals surface area (Å²) in [6, 6.07) is 8.20. The van der Waals surface area contributed by atoms with Crippen LogP contribution >= 0.6 is 0 Å². The molecule has 0 bridgehead atoms. The molecule has 4 rings (SSSR count). The number of amides is 1. The molecule has 0 atom stereocenters. The predicted octanol–water partition coefficient (Wildman–Crippen LogP) is 3.98. The summed E-state index contributed by atoms with van der Waals surface area (Å²) in [6.07, 6.45) is -2.73. The van der Waals surface area contributed by atoms with Gasteiger partial charge in [0, 0.05) is 50.0 Å². The van der Waals surface area contributed by atoms with Crippen molar-refractivity contribution in [3.8, 4) is 0 Å². The number of carbonyl (C=O) groups excluding carboxylic acids is 1. The van der Waals surface area contributed by atoms with Crippen LogP contribution in [0.4, 0.5) is 30.2 Å². The number of hydrogen-bond donors (Lipinski definition) is 1. The Labute approximate surface area is 194 Å². The van der Waals surface area contributed by atoms with Gasteiger partial charge in [0.15, 0.2) is 0 Å². The Morgan fingerprint density at radius 3 is 2.38 bits per heavy atom. The molecule has 0 aromatic heterocycles. The van der Waals surface area contributed by atoms with Gasteiger partial charge in [0.2, 0.25) is 0 Å². The van der Waals surface area contributed by atoms with E-state index in [0.29, 0.717) is 50.8 Å². The Bertz CT molecular complexity index is 1060. The number of anilines is 2. The van der Waals surface area contributed by atoms with Gasteiger partial charge in [0.25, 0.3) is 11.6 Å². The van der Waals surface area contributed by atoms with Gasteiger partial charge >= 0.3 is 6.18 Å². The van der Waals surface area contributed by atoms with Gasteiger partial charge in [0.1, 0.15) is 5.69 Å². The standard InChI is InChI=1S/C23H25F3N4O4/c24-23(25,26)19-14-18(28-9-11-34-12-10-28)5-3-17(19)15-27-22(31)16-4-6-20(21(13-16)30(32)33)29-7-1-2-8-29/h3-6,13-14H,1-2,7-12,15H2,(H,27,31). The lowest BCUT2D eigenvalue weighted by Crippen LogP contribution is -2.36. The van der Waals surface area contributed by atoms with Gasteiger partial charge in [-0.25, -0.2) is 0 Å². The number of halogens is 3. The molecule has 2 aromatic carbocycles. The van der Waals surface area contributed by atoms with Crippen LogP contribution in [-0.4, -0.2) is 50.2 Å². The van der Waals surface area contributed by atoms with E-state index >= 15 is 0 Å². The molecule has 0 aliphatic carbocycles. The predicted molar refractivity (Wildman–Crippen MR) is 120 cm³/mol. The minimum absolute atomic E-state index is 0.0214. The molecule has 0 radical (unpaired) electrons. The normalized spacial score (nSPS) is 16.6. The largest absolute Gasteiger partial charge is 0.416 e. The Hall–Kier alpha value is -3.34. The number of rotatable bonds is 6. The second kappa shape index (κ2) is 9.88. The monoisotopic (exact) mass is 478 g/mol. The highest BCUT2D eigenvalue weighted by Crippen LogP contribution is 2.35. The first-order valence-corrected chi connectivity index (χ1v) is 11.1. The van der Waals surface area contributed by atoms with E-state index in [9.17, 15) is 28.1 Å². The summed E-state index contributed by atoms with van der Waals surface area (Å²) in [5.74, 6) is -0.679. The average Bonchev–Trinajstić information content (AvgIpc) is 3.37. The van der Waals surface area contributed by atoms with Crippen molar-refractivity contribution in [3.05, 3.63) is 63.2 Å². The fraction of sp³-hybridized carbons (Fsp3) is 0.435. The van der Waals surface area contributed by atoms with E-state index in [-0.39, 0.29) is 23.4 Å². The summed E-state index contributed by atoms with van der Waals surface area (Å²) in [7, 11) is 0. The quantitative estimate of drug-likeness (QED) is 0.499. The fourth-order valence-corrected chi connectivity index (χ4v) is 4.31. The third kappa shape index (κ3) is 5.24. The number of morpholine rings is 1. The Morgan fingerprint density at radius 2 is 1.74 bits per heavy atom. The van der Waals surface area contributed by atoms with Gasteiger partial charge < -0.3 is 19.9 Å². The third-order valence-electron chi connectivity index (χ3n) is 6.10. The molecule has 2 aliphatic heterocycles. The number of nitro groups is 1. The maximum absolute atomic E-state index is 13.7. The van der Waals surface area contributed by atoms with Crippen LogP contribution in [0.5, 0.6) is 0 Å². The SMILES string of the molecule is O=C(NCc1ccc(N2CCOCC2)cc1C(F)(F)F)c1ccc(N2CCCC2)c([N+](=O)[O-])c1. The van der Waals surface area contributed by atoms with Crippen LogP contribution < -0.4 is 15.1 Å². The van der Waals surface area contributed by atoms with Crippen molar-refractivity contribution < 1.29 is 27.6 Å². The summed E-state index contributed by atoms with van der Waals surface area (Å²) in [5, 5.41) is 14.0. The summed E-state index contributed by atoms with van der Waals surface area (Å²) in [5.41, 5.74) is -0.197. The molecule has 8 nitrogen and oxygen atoms in total. The molecule has 2 aromatic rings. The van der Waals surface area contributed by atoms with Crippen molar-refractivity contribution in [1.82, 2.24) is 5.32 Å². The Morgan fingerprint density at radius 1 is 1.03 bits per heavy atom. The molecule has 1 N–H and O–H groups in total. The lowest BCUT2D eigenvalue weighted by atomic mass is 10.0. The number of benzene rings is 2. The van der Waals surface area contributed by atoms with Gasteiger partial charge in [-0.3, -0.25) is 14.9 Å². The first kappa shape index (κ1) is 23.8. The van der Waals surface area contributed by atoms with Gasteiger partial charge in [-0.15, -0.1) is 0 Å². The topological polar surface area (TPSA) is 88.0 Å². The highest BCUT2D eigenvalue weighted by Gasteiger charge is 2.34. The van der Waals surface area contributed by atoms with Gasteiger partial charge in [-0.2, -0.15) is 13.2 Å². The molecule has 2 fully saturated rings. The number of carbonyl (C=O) groups is 1. The maximum Gasteiger partial charge on any atom is 0.416 e. The Balaban J connectivity index is 1.52. The highest BCUT2D eigenvalue weighted by molar-refractivity contribution is 5.95. The van der Waals surface area contributed by atoms with Crippen LogP contribution in [0.1, 0.15) is 34.3 Å². The minimum atomic E-state index is -4.60. The van der Waals surface area contributed by atoms with Crippen molar-refractivity contribution in [2.45, 2.75) is 25.6 Å². The smallest absolute Gasteiger partial charge is 0.378 e. The van der Waals surface area contributed by atoms with E-state index in [1.54, 1.807) is 6.07 Å². The van der Waals surface area contributed by atoms with Crippen LogP contribution in [-0.2, 0) is 17.5 Å². The van der Waals surface area contributed by atoms with Crippen molar-refractivity contribution in [2.75, 3.05) is 49.2 Å². The molecule has 34 heavy (non-hydrogen) atoms. The number of alkyl halides is 3. The van der Waals surface area contributed by atoms with Crippen molar-refractivity contribution >= 4 is 23.0 Å². The molecular formula is C23H25F3N4O4. The first-order valence-electron chi connectivity index (χ1n) is 11.1. The molecule has 11 heteroatoms. The summed E-state index contributed by atoms with van der Waals surface area (Å²) in [6.45, 7) is 2.93. The zero-order valence-corrected chi connectivity index (χ0v) is 18.4. The zero-order valence-electron chi connectivity index (χ0n) is 18.4. The van der Waals surface area contributed by atoms with Gasteiger partial charge in [-0.1, -0.05) is 6.07 Å². The number of ether oxygens (including phenoxy) is 1. The van der Waals surface area contributed by atoms with E-state index in [1.807, 2.05) is 9.80 Å². The molecule has 0 spiro atoms. The zero-order chi connectivity index (χ0) is 24.3. The van der Waals surface area contributed by atoms with E-state index < -0.39 is 22.6 Å². The molecular weight excluding hydrogens is 453 g/mol. The molecule has 2 saturated heterocycles. The van der Waals surface area contributed by atoms with E-state index in [0.717, 1.165) is 18.9 Å². The first-order chi connectivity index (χ1) is 16.2. The molecule has 2 aliphatic rings. The van der Waals surface area contributed by atoms with Gasteiger partial charge in [-0.05, 0) is 42.7 Å². The number of nitrogens with zero attached hydrogens (tertiary/aromatic N) is 3. The summed E-state index contributed by atoms with van der Waals surface area (Å²) in [4.78, 5) is 27.4. The molecule has 2 heterocycles. The molecule has 182 valence electrons. The van der Waals surface area contributed by atoms with Crippen LogP contribution in [0, 0.1) is 10.1 Å². The van der Waals surface area contributed by atoms with E-state index in [1.165, 1.54) is 24.3 Å². The lowest BCUT2D eigenvalue weighted by molar-refractivity contribution is -0.384. The molecule has 0 saturated carbocycles. The number of nitro benzene ring substituents is 1. The van der Waals surface area contributed by atoms with Crippen molar-refractivity contribution in [3.63, 3.8) is 0 Å². The summed E-state index contributed by atoms with van der Waals surface area (Å²) < 4.78 is 46.5. The van der Waals surface area contributed by atoms with Crippen LogP contribution in [0.25, 0.3) is 0 Å².